The Bertz CT molecular complexity index is 618. The average Bonchev–Trinajstić information content (AvgIpc) is 2.85. The molecule has 1 saturated heterocycles. The molecule has 0 bridgehead atoms. The number of H-pyrrole nitrogens is 1. The molecule has 2 heterocycles. The second kappa shape index (κ2) is 8.97. The SMILES string of the molecule is O=c1[nH]c(=S)n(C2CC[C@@H](O)O2)cc1CO.[B]CO[P+](O)(O)O. The van der Waals surface area contributed by atoms with Gasteiger partial charge in [0.2, 0.25) is 0 Å². The van der Waals surface area contributed by atoms with Gasteiger partial charge in [-0.25, -0.2) is 0 Å². The summed E-state index contributed by atoms with van der Waals surface area (Å²) in [6, 6.07) is 0. The molecule has 2 rings (SSSR count). The van der Waals surface area contributed by atoms with E-state index in [2.05, 4.69) is 17.4 Å². The maximum absolute atomic E-state index is 11.3. The molecule has 1 aliphatic heterocycles. The molecule has 2 atom stereocenters. The fourth-order valence-electron chi connectivity index (χ4n) is 1.76. The summed E-state index contributed by atoms with van der Waals surface area (Å²) in [6.07, 6.45) is 1.43. The highest BCUT2D eigenvalue weighted by molar-refractivity contribution is 7.71. The van der Waals surface area contributed by atoms with Crippen molar-refractivity contribution in [3.63, 3.8) is 0 Å². The molecule has 2 radical (unpaired) electrons. The van der Waals surface area contributed by atoms with Crippen molar-refractivity contribution >= 4 is 28.2 Å². The molecular weight excluding hydrogens is 350 g/mol. The van der Waals surface area contributed by atoms with Crippen LogP contribution in [0.3, 0.4) is 0 Å². The van der Waals surface area contributed by atoms with Gasteiger partial charge < -0.3 is 14.9 Å². The minimum atomic E-state index is -4.04. The van der Waals surface area contributed by atoms with Crippen LogP contribution in [0.2, 0.25) is 0 Å². The summed E-state index contributed by atoms with van der Waals surface area (Å²) in [6.45, 7) is -0.752. The van der Waals surface area contributed by atoms with Crippen LogP contribution < -0.4 is 5.56 Å². The van der Waals surface area contributed by atoms with E-state index in [1.165, 1.54) is 6.20 Å². The fourth-order valence-corrected chi connectivity index (χ4v) is 2.22. The van der Waals surface area contributed by atoms with Crippen molar-refractivity contribution < 1.29 is 34.2 Å². The lowest BCUT2D eigenvalue weighted by molar-refractivity contribution is -0.113. The Labute approximate surface area is 138 Å². The molecule has 128 valence electrons. The molecule has 0 aliphatic carbocycles. The molecule has 1 fully saturated rings. The van der Waals surface area contributed by atoms with E-state index in [1.807, 2.05) is 0 Å². The lowest BCUT2D eigenvalue weighted by Crippen LogP contribution is -2.21. The highest BCUT2D eigenvalue weighted by atomic mass is 32.1. The third-order valence-electron chi connectivity index (χ3n) is 2.74. The standard InChI is InChI=1S/C9H12N2O4S.CH5BO4P/c12-4-5-3-11(9(16)10-8(5)14)6-1-2-7(13)15-6;2-1-6-7(3,4)5/h3,6-7,12-13H,1-2,4H2,(H,10,14,16);3-5H,1H2/q;+1/t6?,7-;/m0./s1. The monoisotopic (exact) mass is 367 g/mol. The summed E-state index contributed by atoms with van der Waals surface area (Å²) in [5.41, 5.74) is -0.180. The van der Waals surface area contributed by atoms with Gasteiger partial charge in [0, 0.05) is 12.6 Å². The molecule has 1 aromatic heterocycles. The second-order valence-electron chi connectivity index (χ2n) is 4.41. The van der Waals surface area contributed by atoms with Crippen LogP contribution >= 0.6 is 20.4 Å². The maximum atomic E-state index is 11.3. The van der Waals surface area contributed by atoms with Crippen molar-refractivity contribution in [2.24, 2.45) is 0 Å². The van der Waals surface area contributed by atoms with Crippen molar-refractivity contribution in [3.8, 4) is 0 Å². The number of aromatic nitrogens is 2. The number of hydrogen-bond donors (Lipinski definition) is 6. The minimum Gasteiger partial charge on any atom is -0.391 e. The van der Waals surface area contributed by atoms with E-state index in [1.54, 1.807) is 4.57 Å². The molecule has 13 heteroatoms. The number of nitrogens with zero attached hydrogens (tertiary/aromatic N) is 1. The van der Waals surface area contributed by atoms with Crippen LogP contribution in [0, 0.1) is 4.77 Å². The summed E-state index contributed by atoms with van der Waals surface area (Å²) >= 11 is 4.99. The molecule has 0 aromatic carbocycles. The van der Waals surface area contributed by atoms with Crippen molar-refractivity contribution in [1.29, 1.82) is 0 Å². The second-order valence-corrected chi connectivity index (χ2v) is 6.08. The Morgan fingerprint density at radius 2 is 2.13 bits per heavy atom. The van der Waals surface area contributed by atoms with E-state index in [0.717, 1.165) is 0 Å². The van der Waals surface area contributed by atoms with E-state index < -0.39 is 26.5 Å². The number of hydrogen-bond acceptors (Lipinski definition) is 9. The van der Waals surface area contributed by atoms with Crippen LogP contribution in [-0.2, 0) is 15.9 Å². The number of ether oxygens (including phenoxy) is 1. The Hall–Kier alpha value is -0.685. The van der Waals surface area contributed by atoms with E-state index in [-0.39, 0.29) is 23.2 Å². The van der Waals surface area contributed by atoms with Crippen LogP contribution in [0.4, 0.5) is 0 Å². The van der Waals surface area contributed by atoms with Gasteiger partial charge in [-0.15, -0.1) is 0 Å². The third kappa shape index (κ3) is 6.75. The first-order chi connectivity index (χ1) is 10.7. The quantitative estimate of drug-likeness (QED) is 0.219. The van der Waals surface area contributed by atoms with Crippen LogP contribution in [0.25, 0.3) is 0 Å². The van der Waals surface area contributed by atoms with Crippen molar-refractivity contribution in [2.75, 3.05) is 6.51 Å². The summed E-state index contributed by atoms with van der Waals surface area (Å²) in [5.74, 6) is 0. The fraction of sp³-hybridized carbons (Fsp3) is 0.600. The van der Waals surface area contributed by atoms with Gasteiger partial charge in [0.15, 0.2) is 11.1 Å². The van der Waals surface area contributed by atoms with Crippen LogP contribution in [0.5, 0.6) is 0 Å². The average molecular weight is 367 g/mol. The number of rotatable bonds is 4. The highest BCUT2D eigenvalue weighted by Gasteiger charge is 2.31. The summed E-state index contributed by atoms with van der Waals surface area (Å²) in [5, 5.41) is 18.2. The molecule has 23 heavy (non-hydrogen) atoms. The summed E-state index contributed by atoms with van der Waals surface area (Å²) < 4.78 is 10.8. The molecule has 0 saturated carbocycles. The molecule has 6 N–H and O–H groups in total. The number of aromatic amines is 1. The predicted molar refractivity (Wildman–Crippen MR) is 82.5 cm³/mol. The predicted octanol–water partition coefficient (Wildman–Crippen LogP) is -1.19. The Balaban J connectivity index is 0.000000322. The van der Waals surface area contributed by atoms with Crippen molar-refractivity contribution in [3.05, 3.63) is 26.9 Å². The first-order valence-corrected chi connectivity index (χ1v) is 8.36. The highest BCUT2D eigenvalue weighted by Crippen LogP contribution is 2.44. The maximum Gasteiger partial charge on any atom is 0.566 e. The molecular formula is C10H17BN2O8PS+. The van der Waals surface area contributed by atoms with Crippen LogP contribution in [0.15, 0.2) is 11.0 Å². The van der Waals surface area contributed by atoms with E-state index in [0.29, 0.717) is 12.8 Å². The number of nitrogens with one attached hydrogen (secondary N) is 1. The van der Waals surface area contributed by atoms with E-state index in [4.69, 9.17) is 36.7 Å². The summed E-state index contributed by atoms with van der Waals surface area (Å²) in [4.78, 5) is 37.6. The van der Waals surface area contributed by atoms with Gasteiger partial charge in [-0.2, -0.15) is 19.2 Å². The first-order valence-electron chi connectivity index (χ1n) is 6.38. The molecule has 0 spiro atoms. The normalized spacial score (nSPS) is 20.9. The Morgan fingerprint density at radius 3 is 2.52 bits per heavy atom. The molecule has 0 amide bonds. The van der Waals surface area contributed by atoms with Gasteiger partial charge in [-0.1, -0.05) is 0 Å². The summed E-state index contributed by atoms with van der Waals surface area (Å²) in [7, 11) is 0.600. The zero-order chi connectivity index (χ0) is 17.6. The third-order valence-corrected chi connectivity index (χ3v) is 3.55. The van der Waals surface area contributed by atoms with Gasteiger partial charge in [0.1, 0.15) is 14.1 Å². The van der Waals surface area contributed by atoms with Gasteiger partial charge in [0.25, 0.3) is 5.56 Å². The molecule has 10 nitrogen and oxygen atoms in total. The number of aliphatic hydroxyl groups excluding tert-OH is 2. The van der Waals surface area contributed by atoms with Crippen LogP contribution in [0.1, 0.15) is 24.6 Å². The van der Waals surface area contributed by atoms with Crippen molar-refractivity contribution in [1.82, 2.24) is 9.55 Å². The van der Waals surface area contributed by atoms with Gasteiger partial charge in [-0.3, -0.25) is 14.3 Å². The van der Waals surface area contributed by atoms with E-state index >= 15 is 0 Å². The topological polar surface area (TPSA) is 157 Å². The Kier molecular flexibility index (Phi) is 7.94. The van der Waals surface area contributed by atoms with Gasteiger partial charge >= 0.3 is 8.17 Å². The Morgan fingerprint density at radius 1 is 1.48 bits per heavy atom. The molecule has 1 aromatic rings. The zero-order valence-corrected chi connectivity index (χ0v) is 13.6. The smallest absolute Gasteiger partial charge is 0.391 e. The number of aliphatic hydroxyl groups is 2. The van der Waals surface area contributed by atoms with Crippen LogP contribution in [-0.4, -0.2) is 55.1 Å². The minimum absolute atomic E-state index is 0.221. The van der Waals surface area contributed by atoms with E-state index in [9.17, 15) is 9.90 Å². The zero-order valence-electron chi connectivity index (χ0n) is 11.9. The van der Waals surface area contributed by atoms with Gasteiger partial charge in [0.05, 0.1) is 18.7 Å². The van der Waals surface area contributed by atoms with Crippen molar-refractivity contribution in [2.45, 2.75) is 32.0 Å². The lowest BCUT2D eigenvalue weighted by Gasteiger charge is -2.15. The first kappa shape index (κ1) is 20.4. The van der Waals surface area contributed by atoms with Gasteiger partial charge in [-0.05, 0) is 18.6 Å². The largest absolute Gasteiger partial charge is 0.566 e. The molecule has 1 aliphatic rings. The lowest BCUT2D eigenvalue weighted by atomic mass is 10.2. The molecule has 1 unspecified atom stereocenters.